The van der Waals surface area contributed by atoms with Crippen molar-refractivity contribution in [1.82, 2.24) is 0 Å². The Balaban J connectivity index is 1.83. The molecule has 4 aromatic rings. The van der Waals surface area contributed by atoms with E-state index in [9.17, 15) is 19.1 Å². The third-order valence-electron chi connectivity index (χ3n) is 5.15. The molecular formula is C26H18ClFO5S. The Bertz CT molecular complexity index is 1470. The number of halogens is 2. The van der Waals surface area contributed by atoms with Crippen LogP contribution in [0.5, 0.6) is 17.2 Å². The molecule has 0 aliphatic rings. The van der Waals surface area contributed by atoms with Crippen LogP contribution in [0.3, 0.4) is 0 Å². The van der Waals surface area contributed by atoms with Crippen molar-refractivity contribution >= 4 is 50.9 Å². The van der Waals surface area contributed by atoms with Crippen molar-refractivity contribution in [2.45, 2.75) is 13.8 Å². The van der Waals surface area contributed by atoms with Gasteiger partial charge in [-0.2, -0.15) is 0 Å². The molecule has 0 amide bonds. The third-order valence-corrected chi connectivity index (χ3v) is 6.50. The van der Waals surface area contributed by atoms with E-state index in [1.165, 1.54) is 30.3 Å². The number of hydrogen-bond donors (Lipinski definition) is 2. The molecule has 0 bridgehead atoms. The van der Waals surface area contributed by atoms with E-state index in [0.717, 1.165) is 23.5 Å². The highest BCUT2D eigenvalue weighted by atomic mass is 35.5. The van der Waals surface area contributed by atoms with Gasteiger partial charge in [0.1, 0.15) is 10.6 Å². The molecule has 0 saturated carbocycles. The molecule has 0 saturated heterocycles. The number of phenolic OH excluding ortho intramolecular Hbond substituents is 1. The van der Waals surface area contributed by atoms with Gasteiger partial charge in [0.05, 0.1) is 0 Å². The highest BCUT2D eigenvalue weighted by Gasteiger charge is 2.25. The van der Waals surface area contributed by atoms with Crippen molar-refractivity contribution in [1.29, 1.82) is 0 Å². The number of thiophene rings is 1. The first-order chi connectivity index (χ1) is 16.1. The molecule has 0 unspecified atom stereocenters. The Morgan fingerprint density at radius 3 is 2.41 bits per heavy atom. The Kier molecular flexibility index (Phi) is 6.41. The topological polar surface area (TPSA) is 83.8 Å². The Labute approximate surface area is 203 Å². The van der Waals surface area contributed by atoms with Crippen LogP contribution >= 0.6 is 22.9 Å². The van der Waals surface area contributed by atoms with Crippen LogP contribution in [0.4, 0.5) is 4.39 Å². The zero-order valence-corrected chi connectivity index (χ0v) is 19.6. The van der Waals surface area contributed by atoms with Gasteiger partial charge in [-0.05, 0) is 79.1 Å². The smallest absolute Gasteiger partial charge is 0.328 e. The summed E-state index contributed by atoms with van der Waals surface area (Å²) in [6.45, 7) is 3.57. The predicted molar refractivity (Wildman–Crippen MR) is 131 cm³/mol. The fraction of sp³-hybridized carbons (Fsp3) is 0.0769. The summed E-state index contributed by atoms with van der Waals surface area (Å²) in [5.74, 6) is -2.10. The molecule has 0 spiro atoms. The van der Waals surface area contributed by atoms with Crippen LogP contribution in [0.15, 0.2) is 54.6 Å². The van der Waals surface area contributed by atoms with Crippen LogP contribution in [-0.2, 0) is 4.79 Å². The van der Waals surface area contributed by atoms with Crippen molar-refractivity contribution in [3.8, 4) is 17.2 Å². The number of carbonyl (C=O) groups excluding carboxylic acids is 1. The van der Waals surface area contributed by atoms with E-state index < -0.39 is 11.8 Å². The van der Waals surface area contributed by atoms with Gasteiger partial charge in [-0.15, -0.1) is 11.3 Å². The zero-order valence-electron chi connectivity index (χ0n) is 18.1. The number of hydrogen-bond acceptors (Lipinski definition) is 5. The number of benzene rings is 3. The minimum Gasteiger partial charge on any atom is -0.508 e. The van der Waals surface area contributed by atoms with Gasteiger partial charge in [0.2, 0.25) is 5.78 Å². The number of carbonyl (C=O) groups is 2. The number of ether oxygens (including phenoxy) is 1. The Morgan fingerprint density at radius 1 is 1.06 bits per heavy atom. The molecular weight excluding hydrogens is 479 g/mol. The van der Waals surface area contributed by atoms with E-state index in [1.807, 2.05) is 0 Å². The fourth-order valence-corrected chi connectivity index (χ4v) is 5.11. The Morgan fingerprint density at radius 2 is 1.76 bits per heavy atom. The van der Waals surface area contributed by atoms with Crippen LogP contribution in [0.1, 0.15) is 31.9 Å². The summed E-state index contributed by atoms with van der Waals surface area (Å²) >= 11 is 7.26. The first kappa shape index (κ1) is 23.5. The lowest BCUT2D eigenvalue weighted by atomic mass is 9.98. The van der Waals surface area contributed by atoms with Crippen LogP contribution < -0.4 is 4.74 Å². The van der Waals surface area contributed by atoms with E-state index in [4.69, 9.17) is 21.4 Å². The number of carboxylic acids is 1. The summed E-state index contributed by atoms with van der Waals surface area (Å²) in [5.41, 5.74) is 2.21. The van der Waals surface area contributed by atoms with Crippen molar-refractivity contribution < 1.29 is 28.9 Å². The standard InChI is InChI=1S/C26H18ClFO5S/c1-13-9-16(27)10-14(2)23(13)24(32)26-25(18-6-5-17(29)12-21(18)34-26)33-20-7-3-15(11-19(20)28)4-8-22(30)31/h3-12,29H,1-2H3,(H,30,31)/b8-4+. The number of rotatable bonds is 6. The van der Waals surface area contributed by atoms with E-state index in [0.29, 0.717) is 37.4 Å². The Hall–Kier alpha value is -3.68. The van der Waals surface area contributed by atoms with E-state index in [2.05, 4.69) is 0 Å². The van der Waals surface area contributed by atoms with Gasteiger partial charge in [0.15, 0.2) is 17.3 Å². The summed E-state index contributed by atoms with van der Waals surface area (Å²) in [7, 11) is 0. The molecule has 2 N–H and O–H groups in total. The quantitative estimate of drug-likeness (QED) is 0.219. The number of ketones is 1. The molecule has 4 rings (SSSR count). The lowest BCUT2D eigenvalue weighted by molar-refractivity contribution is -0.131. The second-order valence-corrected chi connectivity index (χ2v) is 9.14. The molecule has 0 aliphatic carbocycles. The monoisotopic (exact) mass is 496 g/mol. The lowest BCUT2D eigenvalue weighted by Gasteiger charge is -2.12. The molecule has 0 aliphatic heterocycles. The maximum Gasteiger partial charge on any atom is 0.328 e. The molecule has 1 heterocycles. The number of carboxylic acid groups (broad SMARTS) is 1. The van der Waals surface area contributed by atoms with Gasteiger partial charge in [-0.1, -0.05) is 17.7 Å². The van der Waals surface area contributed by atoms with Crippen LogP contribution in [0.25, 0.3) is 16.2 Å². The summed E-state index contributed by atoms with van der Waals surface area (Å²) in [6, 6.07) is 12.0. The average molecular weight is 497 g/mol. The van der Waals surface area contributed by atoms with Gasteiger partial charge in [0, 0.05) is 26.7 Å². The molecule has 0 radical (unpaired) electrons. The summed E-state index contributed by atoms with van der Waals surface area (Å²) in [5, 5.41) is 19.7. The maximum atomic E-state index is 14.8. The summed E-state index contributed by atoms with van der Waals surface area (Å²) in [4.78, 5) is 24.6. The predicted octanol–water partition coefficient (Wildman–Crippen LogP) is 7.14. The van der Waals surface area contributed by atoms with Gasteiger partial charge < -0.3 is 14.9 Å². The highest BCUT2D eigenvalue weighted by Crippen LogP contribution is 2.43. The first-order valence-electron chi connectivity index (χ1n) is 10.1. The van der Waals surface area contributed by atoms with Gasteiger partial charge in [-0.3, -0.25) is 4.79 Å². The molecule has 34 heavy (non-hydrogen) atoms. The number of fused-ring (bicyclic) bond motifs is 1. The molecule has 8 heteroatoms. The van der Waals surface area contributed by atoms with E-state index in [-0.39, 0.29) is 27.9 Å². The van der Waals surface area contributed by atoms with Gasteiger partial charge >= 0.3 is 5.97 Å². The number of aliphatic carboxylic acids is 1. The molecule has 5 nitrogen and oxygen atoms in total. The number of aromatic hydroxyl groups is 1. The van der Waals surface area contributed by atoms with Crippen molar-refractivity contribution in [3.63, 3.8) is 0 Å². The van der Waals surface area contributed by atoms with Crippen LogP contribution in [-0.4, -0.2) is 22.0 Å². The largest absolute Gasteiger partial charge is 0.508 e. The lowest BCUT2D eigenvalue weighted by Crippen LogP contribution is -2.06. The highest BCUT2D eigenvalue weighted by molar-refractivity contribution is 7.21. The molecule has 172 valence electrons. The van der Waals surface area contributed by atoms with E-state index in [1.54, 1.807) is 32.0 Å². The van der Waals surface area contributed by atoms with Crippen molar-refractivity contribution in [2.24, 2.45) is 0 Å². The van der Waals surface area contributed by atoms with Gasteiger partial charge in [-0.25, -0.2) is 9.18 Å². The molecule has 1 aromatic heterocycles. The number of phenols is 1. The minimum atomic E-state index is -1.15. The molecule has 0 fully saturated rings. The SMILES string of the molecule is Cc1cc(Cl)cc(C)c1C(=O)c1sc2cc(O)ccc2c1Oc1ccc(/C=C/C(=O)O)cc1F. The van der Waals surface area contributed by atoms with Crippen LogP contribution in [0.2, 0.25) is 5.02 Å². The van der Waals surface area contributed by atoms with Gasteiger partial charge in [0.25, 0.3) is 0 Å². The number of aryl methyl sites for hydroxylation is 2. The molecule has 0 atom stereocenters. The maximum absolute atomic E-state index is 14.8. The fourth-order valence-electron chi connectivity index (χ4n) is 3.68. The summed E-state index contributed by atoms with van der Waals surface area (Å²) < 4.78 is 21.3. The van der Waals surface area contributed by atoms with Crippen molar-refractivity contribution in [2.75, 3.05) is 0 Å². The normalized spacial score (nSPS) is 11.3. The molecule has 3 aromatic carbocycles. The van der Waals surface area contributed by atoms with Crippen molar-refractivity contribution in [3.05, 3.63) is 92.6 Å². The third kappa shape index (κ3) is 4.66. The van der Waals surface area contributed by atoms with Crippen LogP contribution in [0, 0.1) is 19.7 Å². The summed E-state index contributed by atoms with van der Waals surface area (Å²) in [6.07, 6.45) is 2.17. The minimum absolute atomic E-state index is 0.0268. The second kappa shape index (κ2) is 9.29. The zero-order chi connectivity index (χ0) is 24.6. The second-order valence-electron chi connectivity index (χ2n) is 7.65. The first-order valence-corrected chi connectivity index (χ1v) is 11.3. The van der Waals surface area contributed by atoms with E-state index >= 15 is 0 Å². The average Bonchev–Trinajstić information content (AvgIpc) is 3.10.